The van der Waals surface area contributed by atoms with Crippen molar-refractivity contribution in [1.82, 2.24) is 29.4 Å². The van der Waals surface area contributed by atoms with Gasteiger partial charge in [-0.1, -0.05) is 6.07 Å². The van der Waals surface area contributed by atoms with E-state index in [1.807, 2.05) is 48.5 Å². The summed E-state index contributed by atoms with van der Waals surface area (Å²) in [5, 5.41) is 13.6. The van der Waals surface area contributed by atoms with Crippen molar-refractivity contribution in [1.29, 1.82) is 5.26 Å². The maximum absolute atomic E-state index is 14.7. The second-order valence-corrected chi connectivity index (χ2v) is 8.84. The van der Waals surface area contributed by atoms with E-state index in [1.165, 1.54) is 12.1 Å². The predicted molar refractivity (Wildman–Crippen MR) is 128 cm³/mol. The molecule has 1 aromatic carbocycles. The molecule has 1 aliphatic heterocycles. The summed E-state index contributed by atoms with van der Waals surface area (Å²) in [7, 11) is 1.96. The summed E-state index contributed by atoms with van der Waals surface area (Å²) in [6.07, 6.45) is 8.58. The summed E-state index contributed by atoms with van der Waals surface area (Å²) in [5.74, 6) is -0.0198. The van der Waals surface area contributed by atoms with Gasteiger partial charge in [0.15, 0.2) is 0 Å². The number of fused-ring (bicyclic) bond motifs is 2. The van der Waals surface area contributed by atoms with Gasteiger partial charge in [-0.2, -0.15) is 5.26 Å². The Hall–Kier alpha value is -4.09. The lowest BCUT2D eigenvalue weighted by Crippen LogP contribution is -2.14. The third-order valence-corrected chi connectivity index (χ3v) is 6.64. The number of nitrogens with one attached hydrogen (secondary N) is 1. The summed E-state index contributed by atoms with van der Waals surface area (Å²) in [6.45, 7) is 2.87. The number of pyridine rings is 2. The number of aromatic nitrogens is 5. The molecule has 0 saturated carbocycles. The molecule has 1 atom stereocenters. The van der Waals surface area contributed by atoms with Gasteiger partial charge in [0.1, 0.15) is 23.1 Å². The van der Waals surface area contributed by atoms with Gasteiger partial charge in [0.2, 0.25) is 0 Å². The summed E-state index contributed by atoms with van der Waals surface area (Å²) >= 11 is 0. The fraction of sp³-hybridized carbons (Fsp3) is 0.231. The highest BCUT2D eigenvalue weighted by molar-refractivity contribution is 6.00. The third-order valence-electron chi connectivity index (χ3n) is 6.64. The van der Waals surface area contributed by atoms with Crippen LogP contribution in [0.4, 0.5) is 4.39 Å². The number of imidazole rings is 1. The molecule has 7 nitrogen and oxygen atoms in total. The zero-order valence-corrected chi connectivity index (χ0v) is 18.7. The summed E-state index contributed by atoms with van der Waals surface area (Å²) in [5.41, 5.74) is 5.43. The lowest BCUT2D eigenvalue weighted by Gasteiger charge is -2.13. The van der Waals surface area contributed by atoms with Crippen LogP contribution < -0.4 is 5.32 Å². The molecule has 5 heterocycles. The lowest BCUT2D eigenvalue weighted by atomic mass is 9.97. The number of hydrogen-bond donors (Lipinski definition) is 1. The van der Waals surface area contributed by atoms with Crippen LogP contribution in [0.2, 0.25) is 0 Å². The van der Waals surface area contributed by atoms with Crippen molar-refractivity contribution in [3.05, 3.63) is 66.6 Å². The minimum absolute atomic E-state index is 0.0112. The van der Waals surface area contributed by atoms with Gasteiger partial charge in [-0.25, -0.2) is 14.4 Å². The Bertz CT molecular complexity index is 1580. The molecule has 34 heavy (non-hydrogen) atoms. The molecular formula is C26H22FN7. The van der Waals surface area contributed by atoms with E-state index in [4.69, 9.17) is 9.97 Å². The molecular weight excluding hydrogens is 429 g/mol. The summed E-state index contributed by atoms with van der Waals surface area (Å²) in [6, 6.07) is 10.6. The molecule has 0 amide bonds. The Morgan fingerprint density at radius 3 is 2.85 bits per heavy atom. The maximum atomic E-state index is 14.7. The molecule has 1 aliphatic rings. The SMILES string of the molecule is Cn1ccc2cc(-c3ncc4c(ncn4C[C@H]4CCNC4)c3-c3ccc(C#N)c(F)c3)cnc21. The molecule has 1 fully saturated rings. The molecule has 4 aromatic heterocycles. The number of rotatable bonds is 4. The Kier molecular flexibility index (Phi) is 4.85. The highest BCUT2D eigenvalue weighted by atomic mass is 19.1. The zero-order valence-electron chi connectivity index (χ0n) is 18.7. The number of halogens is 1. The molecule has 0 unspecified atom stereocenters. The molecule has 8 heteroatoms. The monoisotopic (exact) mass is 451 g/mol. The van der Waals surface area contributed by atoms with Gasteiger partial charge < -0.3 is 14.5 Å². The van der Waals surface area contributed by atoms with E-state index in [0.29, 0.717) is 17.2 Å². The van der Waals surface area contributed by atoms with Crippen molar-refractivity contribution in [2.75, 3.05) is 13.1 Å². The van der Waals surface area contributed by atoms with E-state index in [2.05, 4.69) is 14.9 Å². The van der Waals surface area contributed by atoms with Crippen LogP contribution in [0.1, 0.15) is 12.0 Å². The van der Waals surface area contributed by atoms with Gasteiger partial charge in [0.05, 0.1) is 29.3 Å². The van der Waals surface area contributed by atoms with E-state index < -0.39 is 5.82 Å². The normalized spacial score (nSPS) is 15.9. The van der Waals surface area contributed by atoms with Crippen molar-refractivity contribution in [2.45, 2.75) is 13.0 Å². The Balaban J connectivity index is 1.56. The Morgan fingerprint density at radius 1 is 1.15 bits per heavy atom. The van der Waals surface area contributed by atoms with Crippen LogP contribution >= 0.6 is 0 Å². The minimum atomic E-state index is -0.559. The molecule has 168 valence electrons. The number of aryl methyl sites for hydroxylation is 1. The average molecular weight is 452 g/mol. The summed E-state index contributed by atoms with van der Waals surface area (Å²) < 4.78 is 18.8. The quantitative estimate of drug-likeness (QED) is 0.441. The first-order valence-electron chi connectivity index (χ1n) is 11.3. The van der Waals surface area contributed by atoms with Gasteiger partial charge in [-0.15, -0.1) is 0 Å². The number of nitrogens with zero attached hydrogens (tertiary/aromatic N) is 6. The third kappa shape index (κ3) is 3.33. The van der Waals surface area contributed by atoms with E-state index in [9.17, 15) is 9.65 Å². The van der Waals surface area contributed by atoms with Gasteiger partial charge >= 0.3 is 0 Å². The fourth-order valence-electron chi connectivity index (χ4n) is 4.85. The van der Waals surface area contributed by atoms with Crippen LogP contribution in [0.3, 0.4) is 0 Å². The Morgan fingerprint density at radius 2 is 2.06 bits per heavy atom. The minimum Gasteiger partial charge on any atom is -0.336 e. The standard InChI is InChI=1S/C26H22FN7/c1-33-7-5-18-8-20(12-31-26(18)33)24-23(17-2-3-19(10-28)21(27)9-17)25-22(13-30-24)34(15-32-25)14-16-4-6-29-11-16/h2-3,5,7-9,12-13,15-16,29H,4,6,11,14H2,1H3/t16-/m0/s1. The second kappa shape index (κ2) is 8.04. The topological polar surface area (TPSA) is 84.4 Å². The van der Waals surface area contributed by atoms with Crippen molar-refractivity contribution in [3.8, 4) is 28.5 Å². The first-order valence-corrected chi connectivity index (χ1v) is 11.3. The highest BCUT2D eigenvalue weighted by Crippen LogP contribution is 2.37. The maximum Gasteiger partial charge on any atom is 0.141 e. The summed E-state index contributed by atoms with van der Waals surface area (Å²) in [4.78, 5) is 14.2. The van der Waals surface area contributed by atoms with Crippen LogP contribution in [0.25, 0.3) is 44.5 Å². The molecule has 5 aromatic rings. The van der Waals surface area contributed by atoms with Crippen molar-refractivity contribution in [2.24, 2.45) is 13.0 Å². The van der Waals surface area contributed by atoms with Crippen molar-refractivity contribution in [3.63, 3.8) is 0 Å². The molecule has 0 aliphatic carbocycles. The van der Waals surface area contributed by atoms with E-state index in [-0.39, 0.29) is 5.56 Å². The molecule has 6 rings (SSSR count). The van der Waals surface area contributed by atoms with Crippen LogP contribution in [0, 0.1) is 23.1 Å². The molecule has 1 saturated heterocycles. The van der Waals surface area contributed by atoms with Crippen molar-refractivity contribution < 1.29 is 4.39 Å². The second-order valence-electron chi connectivity index (χ2n) is 8.84. The highest BCUT2D eigenvalue weighted by Gasteiger charge is 2.21. The smallest absolute Gasteiger partial charge is 0.141 e. The van der Waals surface area contributed by atoms with Crippen LogP contribution in [-0.2, 0) is 13.6 Å². The zero-order chi connectivity index (χ0) is 23.2. The fourth-order valence-corrected chi connectivity index (χ4v) is 4.85. The largest absolute Gasteiger partial charge is 0.336 e. The Labute approximate surface area is 195 Å². The average Bonchev–Trinajstić information content (AvgIpc) is 3.60. The van der Waals surface area contributed by atoms with Gasteiger partial charge in [-0.05, 0) is 55.3 Å². The van der Waals surface area contributed by atoms with Gasteiger partial charge in [0, 0.05) is 42.5 Å². The van der Waals surface area contributed by atoms with E-state index in [1.54, 1.807) is 12.3 Å². The molecule has 1 N–H and O–H groups in total. The van der Waals surface area contributed by atoms with Gasteiger partial charge in [0.25, 0.3) is 0 Å². The molecule has 0 spiro atoms. The van der Waals surface area contributed by atoms with Crippen LogP contribution in [0.15, 0.2) is 55.2 Å². The van der Waals surface area contributed by atoms with E-state index >= 15 is 0 Å². The predicted octanol–water partition coefficient (Wildman–Crippen LogP) is 4.27. The number of hydrogen-bond acceptors (Lipinski definition) is 5. The first kappa shape index (κ1) is 20.5. The van der Waals surface area contributed by atoms with Crippen LogP contribution in [-0.4, -0.2) is 37.2 Å². The number of nitriles is 1. The molecule has 0 bridgehead atoms. The first-order chi connectivity index (χ1) is 16.6. The van der Waals surface area contributed by atoms with E-state index in [0.717, 1.165) is 59.2 Å². The molecule has 0 radical (unpaired) electrons. The van der Waals surface area contributed by atoms with Crippen molar-refractivity contribution >= 4 is 22.1 Å². The number of benzene rings is 1. The van der Waals surface area contributed by atoms with Crippen LogP contribution in [0.5, 0.6) is 0 Å². The lowest BCUT2D eigenvalue weighted by molar-refractivity contribution is 0.489. The van der Waals surface area contributed by atoms with Gasteiger partial charge in [-0.3, -0.25) is 4.98 Å².